The van der Waals surface area contributed by atoms with E-state index in [0.717, 1.165) is 6.54 Å². The van der Waals surface area contributed by atoms with Crippen LogP contribution in [0.4, 0.5) is 11.8 Å². The summed E-state index contributed by atoms with van der Waals surface area (Å²) in [4.78, 5) is 10.4. The molecule has 0 amide bonds. The Morgan fingerprint density at radius 1 is 1.53 bits per heavy atom. The van der Waals surface area contributed by atoms with Gasteiger partial charge in [0.05, 0.1) is 0 Å². The van der Waals surface area contributed by atoms with E-state index in [1.165, 1.54) is 0 Å². The molecule has 1 rings (SSSR count). The number of rotatable bonds is 4. The molecule has 0 aliphatic carbocycles. The smallest absolute Gasteiger partial charge is 0.225 e. The molecule has 0 saturated carbocycles. The minimum Gasteiger partial charge on any atom is -0.383 e. The molecule has 0 saturated heterocycles. The van der Waals surface area contributed by atoms with E-state index in [-0.39, 0.29) is 6.04 Å². The van der Waals surface area contributed by atoms with Crippen molar-refractivity contribution in [1.29, 1.82) is 0 Å². The second-order valence-corrected chi connectivity index (χ2v) is 4.56. The van der Waals surface area contributed by atoms with Gasteiger partial charge in [-0.1, -0.05) is 0 Å². The minimum atomic E-state index is 0.272. The quantitative estimate of drug-likeness (QED) is 0.807. The summed E-state index contributed by atoms with van der Waals surface area (Å²) in [5, 5.41) is 3.18. The van der Waals surface area contributed by atoms with E-state index in [0.29, 0.717) is 16.4 Å². The Bertz CT molecular complexity index is 308. The SMILES string of the molecule is CC(CN(C)C)Nc1nc(N)cc(Br)n1. The molecule has 1 aromatic heterocycles. The highest BCUT2D eigenvalue weighted by atomic mass is 79.9. The van der Waals surface area contributed by atoms with Crippen molar-refractivity contribution in [3.63, 3.8) is 0 Å². The number of hydrogen-bond donors (Lipinski definition) is 2. The van der Waals surface area contributed by atoms with Gasteiger partial charge in [-0.05, 0) is 36.9 Å². The lowest BCUT2D eigenvalue weighted by Gasteiger charge is -2.18. The first-order chi connectivity index (χ1) is 6.97. The Hall–Kier alpha value is -0.880. The van der Waals surface area contributed by atoms with Crippen LogP contribution in [0, 0.1) is 0 Å². The minimum absolute atomic E-state index is 0.272. The largest absolute Gasteiger partial charge is 0.383 e. The first-order valence-electron chi connectivity index (χ1n) is 4.68. The lowest BCUT2D eigenvalue weighted by molar-refractivity contribution is 0.391. The zero-order valence-electron chi connectivity index (χ0n) is 9.16. The van der Waals surface area contributed by atoms with Crippen LogP contribution in [0.2, 0.25) is 0 Å². The molecule has 1 unspecified atom stereocenters. The fourth-order valence-electron chi connectivity index (χ4n) is 1.31. The number of nitrogens with one attached hydrogen (secondary N) is 1. The van der Waals surface area contributed by atoms with Gasteiger partial charge in [0.1, 0.15) is 10.4 Å². The van der Waals surface area contributed by atoms with Crippen molar-refractivity contribution >= 4 is 27.7 Å². The summed E-state index contributed by atoms with van der Waals surface area (Å²) in [5.41, 5.74) is 5.60. The number of nitrogen functional groups attached to an aromatic ring is 1. The molecule has 3 N–H and O–H groups in total. The topological polar surface area (TPSA) is 67.1 Å². The van der Waals surface area contributed by atoms with E-state index in [4.69, 9.17) is 5.73 Å². The van der Waals surface area contributed by atoms with Crippen LogP contribution in [0.25, 0.3) is 0 Å². The van der Waals surface area contributed by atoms with Crippen molar-refractivity contribution in [2.75, 3.05) is 31.7 Å². The summed E-state index contributed by atoms with van der Waals surface area (Å²) in [6, 6.07) is 1.94. The molecular weight excluding hydrogens is 258 g/mol. The van der Waals surface area contributed by atoms with E-state index < -0.39 is 0 Å². The average molecular weight is 274 g/mol. The van der Waals surface area contributed by atoms with Gasteiger partial charge in [0.15, 0.2) is 0 Å². The van der Waals surface area contributed by atoms with E-state index in [2.05, 4.69) is 43.0 Å². The van der Waals surface area contributed by atoms with E-state index in [1.54, 1.807) is 6.07 Å². The summed E-state index contributed by atoms with van der Waals surface area (Å²) in [7, 11) is 4.04. The maximum atomic E-state index is 5.60. The molecule has 0 radical (unpaired) electrons. The molecular formula is C9H16BrN5. The number of hydrogen-bond acceptors (Lipinski definition) is 5. The summed E-state index contributed by atoms with van der Waals surface area (Å²) < 4.78 is 0.689. The lowest BCUT2D eigenvalue weighted by atomic mass is 10.3. The molecule has 15 heavy (non-hydrogen) atoms. The van der Waals surface area contributed by atoms with Crippen LogP contribution in [-0.4, -0.2) is 41.5 Å². The Morgan fingerprint density at radius 2 is 2.20 bits per heavy atom. The molecule has 0 fully saturated rings. The van der Waals surface area contributed by atoms with Crippen LogP contribution in [0.1, 0.15) is 6.92 Å². The van der Waals surface area contributed by atoms with Gasteiger partial charge in [-0.25, -0.2) is 4.98 Å². The van der Waals surface area contributed by atoms with E-state index >= 15 is 0 Å². The third-order valence-corrected chi connectivity index (χ3v) is 2.14. The maximum Gasteiger partial charge on any atom is 0.225 e. The Labute approximate surface area is 98.2 Å². The predicted octanol–water partition coefficient (Wildman–Crippen LogP) is 1.18. The third-order valence-electron chi connectivity index (χ3n) is 1.73. The van der Waals surface area contributed by atoms with Crippen LogP contribution < -0.4 is 11.1 Å². The van der Waals surface area contributed by atoms with Crippen molar-refractivity contribution in [1.82, 2.24) is 14.9 Å². The van der Waals surface area contributed by atoms with Crippen LogP contribution in [0.3, 0.4) is 0 Å². The van der Waals surface area contributed by atoms with E-state index in [1.807, 2.05) is 14.1 Å². The number of anilines is 2. The highest BCUT2D eigenvalue weighted by molar-refractivity contribution is 9.10. The van der Waals surface area contributed by atoms with Gasteiger partial charge in [-0.15, -0.1) is 0 Å². The number of aromatic nitrogens is 2. The Balaban J connectivity index is 2.63. The molecule has 1 aromatic rings. The molecule has 6 heteroatoms. The molecule has 1 atom stereocenters. The van der Waals surface area contributed by atoms with Crippen LogP contribution in [0.15, 0.2) is 10.7 Å². The predicted molar refractivity (Wildman–Crippen MR) is 65.8 cm³/mol. The molecule has 0 bridgehead atoms. The standard InChI is InChI=1S/C9H16BrN5/c1-6(5-15(2)3)12-9-13-7(10)4-8(11)14-9/h4,6H,5H2,1-3H3,(H3,11,12,13,14). The average Bonchev–Trinajstić information content (AvgIpc) is 1.98. The van der Waals surface area contributed by atoms with Gasteiger partial charge in [0.25, 0.3) is 0 Å². The monoisotopic (exact) mass is 273 g/mol. The van der Waals surface area contributed by atoms with Crippen LogP contribution in [0.5, 0.6) is 0 Å². The molecule has 1 heterocycles. The van der Waals surface area contributed by atoms with Gasteiger partial charge in [-0.3, -0.25) is 0 Å². The van der Waals surface area contributed by atoms with Crippen molar-refractivity contribution in [2.45, 2.75) is 13.0 Å². The van der Waals surface area contributed by atoms with Gasteiger partial charge in [0.2, 0.25) is 5.95 Å². The van der Waals surface area contributed by atoms with Gasteiger partial charge >= 0.3 is 0 Å². The summed E-state index contributed by atoms with van der Waals surface area (Å²) >= 11 is 3.27. The summed E-state index contributed by atoms with van der Waals surface area (Å²) in [6.45, 7) is 2.98. The normalized spacial score (nSPS) is 12.9. The first-order valence-corrected chi connectivity index (χ1v) is 5.48. The number of likely N-dealkylation sites (N-methyl/N-ethyl adjacent to an activating group) is 1. The third kappa shape index (κ3) is 4.44. The molecule has 0 aliphatic heterocycles. The van der Waals surface area contributed by atoms with Crippen LogP contribution in [-0.2, 0) is 0 Å². The van der Waals surface area contributed by atoms with Crippen molar-refractivity contribution in [3.8, 4) is 0 Å². The van der Waals surface area contributed by atoms with Gasteiger partial charge < -0.3 is 16.0 Å². The molecule has 0 aliphatic rings. The zero-order chi connectivity index (χ0) is 11.4. The maximum absolute atomic E-state index is 5.60. The Morgan fingerprint density at radius 3 is 2.73 bits per heavy atom. The molecule has 5 nitrogen and oxygen atoms in total. The van der Waals surface area contributed by atoms with Crippen molar-refractivity contribution < 1.29 is 0 Å². The highest BCUT2D eigenvalue weighted by Gasteiger charge is 2.06. The Kier molecular flexibility index (Phi) is 4.28. The van der Waals surface area contributed by atoms with Crippen molar-refractivity contribution in [3.05, 3.63) is 10.7 Å². The molecule has 0 spiro atoms. The second-order valence-electron chi connectivity index (χ2n) is 3.75. The first kappa shape index (κ1) is 12.2. The summed E-state index contributed by atoms with van der Waals surface area (Å²) in [6.07, 6.45) is 0. The summed E-state index contributed by atoms with van der Waals surface area (Å²) in [5.74, 6) is 1.01. The van der Waals surface area contributed by atoms with E-state index in [9.17, 15) is 0 Å². The second kappa shape index (κ2) is 5.27. The van der Waals surface area contributed by atoms with Crippen LogP contribution >= 0.6 is 15.9 Å². The lowest BCUT2D eigenvalue weighted by Crippen LogP contribution is -2.30. The van der Waals surface area contributed by atoms with Gasteiger partial charge in [0, 0.05) is 18.7 Å². The number of halogens is 1. The van der Waals surface area contributed by atoms with Gasteiger partial charge in [-0.2, -0.15) is 4.98 Å². The number of nitrogens with zero attached hydrogens (tertiary/aromatic N) is 3. The molecule has 0 aromatic carbocycles. The highest BCUT2D eigenvalue weighted by Crippen LogP contribution is 2.12. The number of nitrogens with two attached hydrogens (primary N) is 1. The fourth-order valence-corrected chi connectivity index (χ4v) is 1.72. The zero-order valence-corrected chi connectivity index (χ0v) is 10.7. The van der Waals surface area contributed by atoms with Crippen molar-refractivity contribution in [2.24, 2.45) is 0 Å². The molecule has 84 valence electrons. The fraction of sp³-hybridized carbons (Fsp3) is 0.556.